The van der Waals surface area contributed by atoms with Gasteiger partial charge in [-0.15, -0.1) is 5.10 Å². The highest BCUT2D eigenvalue weighted by Crippen LogP contribution is 2.60. The molecule has 0 amide bonds. The van der Waals surface area contributed by atoms with Crippen LogP contribution >= 0.6 is 29.3 Å². The SMILES string of the molecule is COP(=S)(OC)SCc1n[nH]c(=S)o1. The molecular formula is C5H9N2O3PS3. The molecule has 80 valence electrons. The molecule has 0 aliphatic carbocycles. The number of H-pyrrole nitrogens is 1. The highest BCUT2D eigenvalue weighted by Gasteiger charge is 2.17. The zero-order valence-electron chi connectivity index (χ0n) is 7.55. The van der Waals surface area contributed by atoms with E-state index in [-0.39, 0.29) is 4.84 Å². The van der Waals surface area contributed by atoms with Gasteiger partial charge in [-0.25, -0.2) is 5.10 Å². The van der Waals surface area contributed by atoms with E-state index in [1.54, 1.807) is 0 Å². The third-order valence-corrected chi connectivity index (χ3v) is 7.11. The van der Waals surface area contributed by atoms with Crippen LogP contribution in [-0.2, 0) is 26.6 Å². The minimum atomic E-state index is -2.24. The summed E-state index contributed by atoms with van der Waals surface area (Å²) in [5.74, 6) is 0.967. The number of hydrogen-bond donors (Lipinski definition) is 1. The van der Waals surface area contributed by atoms with Crippen LogP contribution in [0.1, 0.15) is 5.89 Å². The third-order valence-electron chi connectivity index (χ3n) is 1.28. The summed E-state index contributed by atoms with van der Waals surface area (Å²) in [6, 6.07) is 0. The summed E-state index contributed by atoms with van der Waals surface area (Å²) in [6.07, 6.45) is 0. The minimum absolute atomic E-state index is 0.253. The second kappa shape index (κ2) is 5.39. The van der Waals surface area contributed by atoms with Crippen molar-refractivity contribution < 1.29 is 13.5 Å². The first-order chi connectivity index (χ1) is 6.59. The summed E-state index contributed by atoms with van der Waals surface area (Å²) in [5, 5.41) is 6.35. The first-order valence-corrected chi connectivity index (χ1v) is 8.14. The van der Waals surface area contributed by atoms with Crippen LogP contribution in [0.4, 0.5) is 0 Å². The van der Waals surface area contributed by atoms with Crippen LogP contribution in [0.3, 0.4) is 0 Å². The van der Waals surface area contributed by atoms with Gasteiger partial charge in [-0.05, 0) is 24.0 Å². The monoisotopic (exact) mass is 272 g/mol. The maximum absolute atomic E-state index is 5.13. The van der Waals surface area contributed by atoms with Gasteiger partial charge in [0.25, 0.3) is 4.84 Å². The molecule has 5 nitrogen and oxygen atoms in total. The fourth-order valence-electron chi connectivity index (χ4n) is 0.637. The van der Waals surface area contributed by atoms with Crippen molar-refractivity contribution >= 4 is 41.1 Å². The van der Waals surface area contributed by atoms with Crippen molar-refractivity contribution in [2.45, 2.75) is 5.75 Å². The Morgan fingerprint density at radius 1 is 1.57 bits per heavy atom. The van der Waals surface area contributed by atoms with Gasteiger partial charge in [0.05, 0.1) is 5.75 Å². The molecule has 1 N–H and O–H groups in total. The van der Waals surface area contributed by atoms with Crippen LogP contribution in [0.15, 0.2) is 4.42 Å². The fraction of sp³-hybridized carbons (Fsp3) is 0.600. The standard InChI is InChI=1S/C5H9N2O3PS3/c1-8-11(13,9-2)14-3-4-6-7-5(12)10-4/h3H2,1-2H3,(H,7,12). The summed E-state index contributed by atoms with van der Waals surface area (Å²) in [5.41, 5.74) is -2.24. The van der Waals surface area contributed by atoms with Gasteiger partial charge >= 0.3 is 0 Å². The van der Waals surface area contributed by atoms with Gasteiger partial charge in [-0.2, -0.15) is 0 Å². The first kappa shape index (κ1) is 12.4. The summed E-state index contributed by atoms with van der Waals surface area (Å²) in [6.45, 7) is 0. The number of aromatic amines is 1. The van der Waals surface area contributed by atoms with Gasteiger partial charge in [0.15, 0.2) is 0 Å². The van der Waals surface area contributed by atoms with E-state index < -0.39 is 5.69 Å². The van der Waals surface area contributed by atoms with Gasteiger partial charge < -0.3 is 13.5 Å². The molecule has 0 spiro atoms. The summed E-state index contributed by atoms with van der Waals surface area (Å²) in [7, 11) is 3.05. The van der Waals surface area contributed by atoms with E-state index in [2.05, 4.69) is 10.2 Å². The maximum atomic E-state index is 5.13. The van der Waals surface area contributed by atoms with Crippen molar-refractivity contribution in [2.24, 2.45) is 0 Å². The number of nitrogens with one attached hydrogen (secondary N) is 1. The van der Waals surface area contributed by atoms with Crippen molar-refractivity contribution in [3.63, 3.8) is 0 Å². The van der Waals surface area contributed by atoms with E-state index in [9.17, 15) is 0 Å². The highest BCUT2D eigenvalue weighted by molar-refractivity contribution is 8.67. The Bertz CT molecular complexity index is 382. The molecule has 14 heavy (non-hydrogen) atoms. The molecule has 0 saturated carbocycles. The van der Waals surface area contributed by atoms with E-state index in [0.29, 0.717) is 11.6 Å². The van der Waals surface area contributed by atoms with E-state index in [0.717, 1.165) is 0 Å². The minimum Gasteiger partial charge on any atom is -0.413 e. The Morgan fingerprint density at radius 2 is 2.21 bits per heavy atom. The van der Waals surface area contributed by atoms with Crippen molar-refractivity contribution in [1.82, 2.24) is 10.2 Å². The molecule has 0 radical (unpaired) electrons. The summed E-state index contributed by atoms with van der Waals surface area (Å²) < 4.78 is 15.2. The van der Waals surface area contributed by atoms with Gasteiger partial charge in [-0.3, -0.25) is 0 Å². The molecule has 0 atom stereocenters. The Balaban J connectivity index is 2.56. The third kappa shape index (κ3) is 3.45. The average Bonchev–Trinajstić information content (AvgIpc) is 2.61. The van der Waals surface area contributed by atoms with Crippen molar-refractivity contribution in [2.75, 3.05) is 14.2 Å². The van der Waals surface area contributed by atoms with Crippen molar-refractivity contribution in [1.29, 1.82) is 0 Å². The van der Waals surface area contributed by atoms with E-state index in [4.69, 9.17) is 37.5 Å². The smallest absolute Gasteiger partial charge is 0.284 e. The maximum Gasteiger partial charge on any atom is 0.284 e. The van der Waals surface area contributed by atoms with Crippen LogP contribution in [0.25, 0.3) is 0 Å². The molecule has 1 aromatic rings. The lowest BCUT2D eigenvalue weighted by molar-refractivity contribution is 0.354. The second-order valence-electron chi connectivity index (χ2n) is 2.09. The Labute approximate surface area is 95.5 Å². The van der Waals surface area contributed by atoms with E-state index in [1.807, 2.05) is 0 Å². The van der Waals surface area contributed by atoms with E-state index >= 15 is 0 Å². The van der Waals surface area contributed by atoms with Gasteiger partial charge in [0.1, 0.15) is 0 Å². The zero-order valence-corrected chi connectivity index (χ0v) is 10.9. The molecule has 0 aromatic carbocycles. The predicted molar refractivity (Wildman–Crippen MR) is 61.3 cm³/mol. The molecule has 0 fully saturated rings. The molecule has 0 saturated heterocycles. The van der Waals surface area contributed by atoms with E-state index in [1.165, 1.54) is 25.6 Å². The molecular weight excluding hydrogens is 263 g/mol. The van der Waals surface area contributed by atoms with Gasteiger partial charge in [-0.1, -0.05) is 11.4 Å². The number of rotatable bonds is 5. The number of aromatic nitrogens is 2. The predicted octanol–water partition coefficient (Wildman–Crippen LogP) is 2.48. The summed E-state index contributed by atoms with van der Waals surface area (Å²) in [4.78, 5) is 0.253. The topological polar surface area (TPSA) is 60.3 Å². The van der Waals surface area contributed by atoms with Crippen LogP contribution in [0.5, 0.6) is 0 Å². The molecule has 0 aliphatic rings. The first-order valence-electron chi connectivity index (χ1n) is 3.50. The molecule has 1 heterocycles. The Kier molecular flexibility index (Phi) is 4.75. The number of nitrogens with zero attached hydrogens (tertiary/aromatic N) is 1. The van der Waals surface area contributed by atoms with Gasteiger partial charge in [0, 0.05) is 14.2 Å². The number of hydrogen-bond acceptors (Lipinski definition) is 7. The quantitative estimate of drug-likeness (QED) is 0.652. The Hall–Kier alpha value is 0.280. The molecule has 0 aliphatic heterocycles. The van der Waals surface area contributed by atoms with Crippen LogP contribution in [0.2, 0.25) is 0 Å². The Morgan fingerprint density at radius 3 is 2.64 bits per heavy atom. The molecule has 1 aromatic heterocycles. The lowest BCUT2D eigenvalue weighted by Gasteiger charge is -2.14. The van der Waals surface area contributed by atoms with Gasteiger partial charge in [0.2, 0.25) is 11.6 Å². The fourth-order valence-corrected chi connectivity index (χ4v) is 3.44. The van der Waals surface area contributed by atoms with Crippen LogP contribution < -0.4 is 0 Å². The molecule has 1 rings (SSSR count). The normalized spacial score (nSPS) is 11.9. The van der Waals surface area contributed by atoms with Crippen molar-refractivity contribution in [3.8, 4) is 0 Å². The summed E-state index contributed by atoms with van der Waals surface area (Å²) >= 11 is 11.2. The van der Waals surface area contributed by atoms with Crippen LogP contribution in [0, 0.1) is 4.84 Å². The molecule has 9 heteroatoms. The average molecular weight is 272 g/mol. The molecule has 0 bridgehead atoms. The highest BCUT2D eigenvalue weighted by atomic mass is 32.9. The largest absolute Gasteiger partial charge is 0.413 e. The lowest BCUT2D eigenvalue weighted by atomic mass is 10.8. The van der Waals surface area contributed by atoms with Crippen LogP contribution in [-0.4, -0.2) is 24.4 Å². The second-order valence-corrected chi connectivity index (χ2v) is 8.99. The molecule has 0 unspecified atom stereocenters. The van der Waals surface area contributed by atoms with Crippen molar-refractivity contribution in [3.05, 3.63) is 10.7 Å². The lowest BCUT2D eigenvalue weighted by Crippen LogP contribution is -1.85. The zero-order chi connectivity index (χ0) is 10.6.